The maximum absolute atomic E-state index is 12.8. The highest BCUT2D eigenvalue weighted by Crippen LogP contribution is 2.26. The fourth-order valence-corrected chi connectivity index (χ4v) is 2.92. The van der Waals surface area contributed by atoms with Crippen LogP contribution in [0.5, 0.6) is 11.5 Å². The Kier molecular flexibility index (Phi) is 6.79. The summed E-state index contributed by atoms with van der Waals surface area (Å²) in [6, 6.07) is 16.5. The van der Waals surface area contributed by atoms with Gasteiger partial charge in [-0.25, -0.2) is 4.79 Å². The number of hydrogen-bond donors (Lipinski definition) is 0. The molecule has 0 atom stereocenters. The Morgan fingerprint density at radius 3 is 2.52 bits per heavy atom. The van der Waals surface area contributed by atoms with Gasteiger partial charge in [-0.05, 0) is 42.5 Å². The fourth-order valence-electron chi connectivity index (χ4n) is 2.75. The minimum Gasteiger partial charge on any atom is -0.496 e. The summed E-state index contributed by atoms with van der Waals surface area (Å²) in [6.07, 6.45) is 2.89. The summed E-state index contributed by atoms with van der Waals surface area (Å²) in [7, 11) is 1.52. The number of non-ortho nitro benzene ring substituents is 1. The topological polar surface area (TPSA) is 95.7 Å². The summed E-state index contributed by atoms with van der Waals surface area (Å²) in [5, 5.41) is 11.2. The van der Waals surface area contributed by atoms with Gasteiger partial charge in [0.1, 0.15) is 11.5 Å². The van der Waals surface area contributed by atoms with Gasteiger partial charge in [0.25, 0.3) is 5.69 Å². The molecule has 0 aliphatic heterocycles. The van der Waals surface area contributed by atoms with Crippen LogP contribution in [0.3, 0.4) is 0 Å². The number of para-hydroxylation sites is 1. The third-order valence-corrected chi connectivity index (χ3v) is 4.49. The van der Waals surface area contributed by atoms with Gasteiger partial charge in [0.2, 0.25) is 0 Å². The normalized spacial score (nSPS) is 10.6. The van der Waals surface area contributed by atoms with Crippen molar-refractivity contribution in [3.63, 3.8) is 0 Å². The van der Waals surface area contributed by atoms with E-state index in [0.29, 0.717) is 11.3 Å². The molecule has 0 aliphatic rings. The molecular weight excluding hydrogens is 422 g/mol. The zero-order valence-electron chi connectivity index (χ0n) is 16.3. The van der Waals surface area contributed by atoms with Crippen molar-refractivity contribution >= 4 is 35.1 Å². The van der Waals surface area contributed by atoms with Gasteiger partial charge in [0.15, 0.2) is 5.78 Å². The molecule has 0 spiro atoms. The molecule has 3 aromatic rings. The quantitative estimate of drug-likeness (QED) is 0.123. The number of carbonyl (C=O) groups is 2. The summed E-state index contributed by atoms with van der Waals surface area (Å²) in [5.41, 5.74) is 0.488. The molecule has 0 saturated carbocycles. The first-order valence-corrected chi connectivity index (χ1v) is 9.38. The van der Waals surface area contributed by atoms with Gasteiger partial charge in [-0.1, -0.05) is 35.9 Å². The Morgan fingerprint density at radius 2 is 1.77 bits per heavy atom. The van der Waals surface area contributed by atoms with E-state index >= 15 is 0 Å². The number of nitrogens with zero attached hydrogens (tertiary/aromatic N) is 1. The van der Waals surface area contributed by atoms with Crippen molar-refractivity contribution in [1.29, 1.82) is 0 Å². The zero-order chi connectivity index (χ0) is 22.4. The van der Waals surface area contributed by atoms with Crippen LogP contribution in [0.25, 0.3) is 6.08 Å². The van der Waals surface area contributed by atoms with Gasteiger partial charge in [-0.3, -0.25) is 14.9 Å². The van der Waals surface area contributed by atoms with Crippen LogP contribution >= 0.6 is 11.6 Å². The maximum Gasteiger partial charge on any atom is 0.343 e. The fraction of sp³-hybridized carbons (Fsp3) is 0.0435. The molecule has 0 heterocycles. The molecule has 0 unspecified atom stereocenters. The van der Waals surface area contributed by atoms with Crippen LogP contribution in [0.15, 0.2) is 72.8 Å². The van der Waals surface area contributed by atoms with Crippen molar-refractivity contribution < 1.29 is 24.0 Å². The molecule has 31 heavy (non-hydrogen) atoms. The van der Waals surface area contributed by atoms with Crippen LogP contribution < -0.4 is 9.47 Å². The van der Waals surface area contributed by atoms with E-state index in [-0.39, 0.29) is 27.6 Å². The molecule has 8 heteroatoms. The van der Waals surface area contributed by atoms with Crippen LogP contribution in [-0.2, 0) is 0 Å². The number of esters is 1. The summed E-state index contributed by atoms with van der Waals surface area (Å²) in [5.74, 6) is -0.713. The number of benzene rings is 3. The number of nitro groups is 1. The van der Waals surface area contributed by atoms with Gasteiger partial charge in [-0.15, -0.1) is 0 Å². The Balaban J connectivity index is 1.87. The summed E-state index contributed by atoms with van der Waals surface area (Å²) in [6.45, 7) is 0. The van der Waals surface area contributed by atoms with E-state index in [0.717, 1.165) is 6.07 Å². The number of ketones is 1. The molecule has 3 rings (SSSR count). The number of nitro benzene ring substituents is 1. The minimum atomic E-state index is -0.839. The summed E-state index contributed by atoms with van der Waals surface area (Å²) in [4.78, 5) is 35.6. The van der Waals surface area contributed by atoms with E-state index in [1.54, 1.807) is 30.3 Å². The van der Waals surface area contributed by atoms with Gasteiger partial charge >= 0.3 is 5.97 Å². The number of halogens is 1. The molecule has 0 saturated heterocycles. The average Bonchev–Trinajstić information content (AvgIpc) is 2.78. The third-order valence-electron chi connectivity index (χ3n) is 4.26. The molecule has 3 aromatic carbocycles. The average molecular weight is 438 g/mol. The SMILES string of the molecule is COc1ccccc1C=CC(=O)c1cc(Cl)ccc1OC(=O)c1cccc([N+](=O)[O-])c1. The van der Waals surface area contributed by atoms with Crippen molar-refractivity contribution in [3.05, 3.63) is 105 Å². The standard InChI is InChI=1S/C23H16ClNO6/c1-30-21-8-3-2-5-15(21)9-11-20(26)19-14-17(24)10-12-22(19)31-23(27)16-6-4-7-18(13-16)25(28)29/h2-14H,1H3. The third kappa shape index (κ3) is 5.34. The Morgan fingerprint density at radius 1 is 1.00 bits per heavy atom. The lowest BCUT2D eigenvalue weighted by molar-refractivity contribution is -0.384. The molecular formula is C23H16ClNO6. The molecule has 0 aliphatic carbocycles. The van der Waals surface area contributed by atoms with Crippen LogP contribution in [0.2, 0.25) is 5.02 Å². The summed E-state index contributed by atoms with van der Waals surface area (Å²) < 4.78 is 10.6. The van der Waals surface area contributed by atoms with Crippen LogP contribution in [0.4, 0.5) is 5.69 Å². The highest BCUT2D eigenvalue weighted by molar-refractivity contribution is 6.31. The van der Waals surface area contributed by atoms with Gasteiger partial charge in [-0.2, -0.15) is 0 Å². The second kappa shape index (κ2) is 9.69. The predicted molar refractivity (Wildman–Crippen MR) is 116 cm³/mol. The van der Waals surface area contributed by atoms with E-state index < -0.39 is 16.7 Å². The van der Waals surface area contributed by atoms with Crippen molar-refractivity contribution in [2.45, 2.75) is 0 Å². The maximum atomic E-state index is 12.8. The van der Waals surface area contributed by atoms with E-state index in [1.165, 1.54) is 49.6 Å². The Hall–Kier alpha value is -3.97. The number of methoxy groups -OCH3 is 1. The number of rotatable bonds is 7. The highest BCUT2D eigenvalue weighted by Gasteiger charge is 2.18. The highest BCUT2D eigenvalue weighted by atomic mass is 35.5. The number of carbonyl (C=O) groups excluding carboxylic acids is 2. The molecule has 0 bridgehead atoms. The minimum absolute atomic E-state index is 0.0180. The lowest BCUT2D eigenvalue weighted by atomic mass is 10.1. The van der Waals surface area contributed by atoms with Gasteiger partial charge in [0.05, 0.1) is 23.2 Å². The molecule has 0 radical (unpaired) electrons. The largest absolute Gasteiger partial charge is 0.496 e. The van der Waals surface area contributed by atoms with Crippen molar-refractivity contribution in [2.75, 3.05) is 7.11 Å². The summed E-state index contributed by atoms with van der Waals surface area (Å²) >= 11 is 6.02. The first kappa shape index (κ1) is 21.7. The van der Waals surface area contributed by atoms with Crippen LogP contribution in [0, 0.1) is 10.1 Å². The molecule has 7 nitrogen and oxygen atoms in total. The van der Waals surface area contributed by atoms with Crippen LogP contribution in [-0.4, -0.2) is 23.8 Å². The van der Waals surface area contributed by atoms with Gasteiger partial charge < -0.3 is 9.47 Å². The van der Waals surface area contributed by atoms with Gasteiger partial charge in [0, 0.05) is 22.7 Å². The number of allylic oxidation sites excluding steroid dienone is 1. The Bertz CT molecular complexity index is 1190. The van der Waals surface area contributed by atoms with E-state index in [4.69, 9.17) is 21.1 Å². The monoisotopic (exact) mass is 437 g/mol. The van der Waals surface area contributed by atoms with E-state index in [9.17, 15) is 19.7 Å². The second-order valence-corrected chi connectivity index (χ2v) is 6.71. The van der Waals surface area contributed by atoms with Crippen molar-refractivity contribution in [2.24, 2.45) is 0 Å². The smallest absolute Gasteiger partial charge is 0.343 e. The van der Waals surface area contributed by atoms with E-state index in [2.05, 4.69) is 0 Å². The first-order chi connectivity index (χ1) is 14.9. The first-order valence-electron chi connectivity index (χ1n) is 9.00. The number of ether oxygens (including phenoxy) is 2. The Labute approximate surface area is 182 Å². The predicted octanol–water partition coefficient (Wildman–Crippen LogP) is 5.37. The second-order valence-electron chi connectivity index (χ2n) is 6.28. The van der Waals surface area contributed by atoms with Crippen molar-refractivity contribution in [1.82, 2.24) is 0 Å². The molecule has 0 aromatic heterocycles. The number of hydrogen-bond acceptors (Lipinski definition) is 6. The van der Waals surface area contributed by atoms with Crippen molar-refractivity contribution in [3.8, 4) is 11.5 Å². The van der Waals surface area contributed by atoms with Crippen LogP contribution in [0.1, 0.15) is 26.3 Å². The molecule has 0 N–H and O–H groups in total. The lowest BCUT2D eigenvalue weighted by Crippen LogP contribution is -2.11. The molecule has 156 valence electrons. The lowest BCUT2D eigenvalue weighted by Gasteiger charge is -2.09. The molecule has 0 fully saturated rings. The molecule has 0 amide bonds. The zero-order valence-corrected chi connectivity index (χ0v) is 17.0. The van der Waals surface area contributed by atoms with E-state index in [1.807, 2.05) is 0 Å².